The maximum Gasteiger partial charge on any atom is 0.181 e. The standard InChI is InChI=1S/C10H10N2O2/c1-13-10-4-7(11)2-3-8(10)9-5-14-6-12-9/h2-6H,11H2,1H3. The predicted octanol–water partition coefficient (Wildman–Crippen LogP) is 1.93. The van der Waals surface area contributed by atoms with Gasteiger partial charge < -0.3 is 14.9 Å². The van der Waals surface area contributed by atoms with Gasteiger partial charge in [0.1, 0.15) is 17.7 Å². The number of nitrogens with two attached hydrogens (primary N) is 1. The first-order valence-corrected chi connectivity index (χ1v) is 4.13. The van der Waals surface area contributed by atoms with Crippen molar-refractivity contribution in [2.75, 3.05) is 12.8 Å². The van der Waals surface area contributed by atoms with Crippen molar-refractivity contribution in [3.63, 3.8) is 0 Å². The van der Waals surface area contributed by atoms with E-state index in [1.807, 2.05) is 6.07 Å². The Morgan fingerprint density at radius 3 is 2.93 bits per heavy atom. The number of methoxy groups -OCH3 is 1. The number of hydrogen-bond donors (Lipinski definition) is 1. The van der Waals surface area contributed by atoms with E-state index >= 15 is 0 Å². The van der Waals surface area contributed by atoms with E-state index in [2.05, 4.69) is 4.98 Å². The first-order valence-electron chi connectivity index (χ1n) is 4.13. The molecule has 1 aromatic carbocycles. The number of rotatable bonds is 2. The molecule has 0 unspecified atom stereocenters. The minimum absolute atomic E-state index is 0.661. The van der Waals surface area contributed by atoms with Gasteiger partial charge in [-0.2, -0.15) is 0 Å². The normalized spacial score (nSPS) is 10.1. The molecule has 0 aliphatic rings. The molecule has 0 aliphatic heterocycles. The van der Waals surface area contributed by atoms with Gasteiger partial charge in [0, 0.05) is 17.3 Å². The zero-order valence-corrected chi connectivity index (χ0v) is 7.73. The average molecular weight is 190 g/mol. The number of anilines is 1. The molecule has 0 bridgehead atoms. The van der Waals surface area contributed by atoms with Gasteiger partial charge in [-0.1, -0.05) is 0 Å². The SMILES string of the molecule is COc1cc(N)ccc1-c1cocn1. The van der Waals surface area contributed by atoms with E-state index in [9.17, 15) is 0 Å². The first kappa shape index (κ1) is 8.62. The van der Waals surface area contributed by atoms with Crippen LogP contribution in [0.15, 0.2) is 35.3 Å². The number of nitrogen functional groups attached to an aromatic ring is 1. The van der Waals surface area contributed by atoms with Crippen LogP contribution in [0.4, 0.5) is 5.69 Å². The summed E-state index contributed by atoms with van der Waals surface area (Å²) in [7, 11) is 1.60. The number of oxazole rings is 1. The Morgan fingerprint density at radius 2 is 2.29 bits per heavy atom. The fourth-order valence-electron chi connectivity index (χ4n) is 1.26. The Kier molecular flexibility index (Phi) is 2.10. The lowest BCUT2D eigenvalue weighted by Crippen LogP contribution is -1.91. The van der Waals surface area contributed by atoms with Gasteiger partial charge in [0.15, 0.2) is 6.39 Å². The molecule has 0 amide bonds. The Labute approximate surface area is 81.3 Å². The predicted molar refractivity (Wildman–Crippen MR) is 52.9 cm³/mol. The third-order valence-electron chi connectivity index (χ3n) is 1.93. The summed E-state index contributed by atoms with van der Waals surface area (Å²) in [5, 5.41) is 0. The van der Waals surface area contributed by atoms with Crippen LogP contribution in [0, 0.1) is 0 Å². The van der Waals surface area contributed by atoms with E-state index in [0.717, 1.165) is 11.3 Å². The third-order valence-corrected chi connectivity index (χ3v) is 1.93. The molecule has 2 N–H and O–H groups in total. The van der Waals surface area contributed by atoms with Gasteiger partial charge in [-0.05, 0) is 12.1 Å². The van der Waals surface area contributed by atoms with Gasteiger partial charge in [-0.15, -0.1) is 0 Å². The molecule has 0 aliphatic carbocycles. The third kappa shape index (κ3) is 1.42. The van der Waals surface area contributed by atoms with Gasteiger partial charge in [-0.3, -0.25) is 0 Å². The van der Waals surface area contributed by atoms with Gasteiger partial charge in [0.05, 0.1) is 7.11 Å². The van der Waals surface area contributed by atoms with Gasteiger partial charge in [0.25, 0.3) is 0 Å². The molecule has 2 rings (SSSR count). The van der Waals surface area contributed by atoms with Crippen molar-refractivity contribution >= 4 is 5.69 Å². The molecular weight excluding hydrogens is 180 g/mol. The summed E-state index contributed by atoms with van der Waals surface area (Å²) in [6, 6.07) is 5.41. The largest absolute Gasteiger partial charge is 0.496 e. The summed E-state index contributed by atoms with van der Waals surface area (Å²) in [4.78, 5) is 4.04. The van der Waals surface area contributed by atoms with Crippen LogP contribution in [0.5, 0.6) is 5.75 Å². The lowest BCUT2D eigenvalue weighted by atomic mass is 10.1. The van der Waals surface area contributed by atoms with Crippen LogP contribution < -0.4 is 10.5 Å². The molecule has 0 atom stereocenters. The zero-order chi connectivity index (χ0) is 9.97. The highest BCUT2D eigenvalue weighted by molar-refractivity contribution is 5.69. The average Bonchev–Trinajstić information content (AvgIpc) is 2.70. The molecule has 0 radical (unpaired) electrons. The van der Waals surface area contributed by atoms with E-state index < -0.39 is 0 Å². The van der Waals surface area contributed by atoms with Crippen LogP contribution >= 0.6 is 0 Å². The van der Waals surface area contributed by atoms with Crippen LogP contribution in [0.1, 0.15) is 0 Å². The Hall–Kier alpha value is -1.97. The van der Waals surface area contributed by atoms with Crippen molar-refractivity contribution in [1.29, 1.82) is 0 Å². The summed E-state index contributed by atoms with van der Waals surface area (Å²) < 4.78 is 10.1. The maximum atomic E-state index is 5.63. The summed E-state index contributed by atoms with van der Waals surface area (Å²) in [6.45, 7) is 0. The molecule has 0 spiro atoms. The van der Waals surface area contributed by atoms with Crippen LogP contribution in [0.2, 0.25) is 0 Å². The number of ether oxygens (including phenoxy) is 1. The molecular formula is C10H10N2O2. The molecule has 0 saturated carbocycles. The molecule has 4 heteroatoms. The topological polar surface area (TPSA) is 61.3 Å². The number of benzene rings is 1. The van der Waals surface area contributed by atoms with Crippen molar-refractivity contribution in [3.05, 3.63) is 30.9 Å². The van der Waals surface area contributed by atoms with Crippen LogP contribution in [-0.2, 0) is 0 Å². The van der Waals surface area contributed by atoms with Crippen LogP contribution in [0.25, 0.3) is 11.3 Å². The summed E-state index contributed by atoms with van der Waals surface area (Å²) in [5.74, 6) is 0.693. The van der Waals surface area contributed by atoms with E-state index in [-0.39, 0.29) is 0 Å². The minimum atomic E-state index is 0.661. The van der Waals surface area contributed by atoms with Crippen molar-refractivity contribution in [2.45, 2.75) is 0 Å². The van der Waals surface area contributed by atoms with Crippen LogP contribution in [-0.4, -0.2) is 12.1 Å². The molecule has 0 fully saturated rings. The van der Waals surface area contributed by atoms with E-state index in [4.69, 9.17) is 14.9 Å². The van der Waals surface area contributed by atoms with Gasteiger partial charge in [0.2, 0.25) is 0 Å². The molecule has 14 heavy (non-hydrogen) atoms. The van der Waals surface area contributed by atoms with E-state index in [0.29, 0.717) is 11.4 Å². The lowest BCUT2D eigenvalue weighted by molar-refractivity contribution is 0.416. The van der Waals surface area contributed by atoms with Crippen molar-refractivity contribution < 1.29 is 9.15 Å². The number of aromatic nitrogens is 1. The van der Waals surface area contributed by atoms with Crippen LogP contribution in [0.3, 0.4) is 0 Å². The highest BCUT2D eigenvalue weighted by atomic mass is 16.5. The number of hydrogen-bond acceptors (Lipinski definition) is 4. The smallest absolute Gasteiger partial charge is 0.181 e. The molecule has 4 nitrogen and oxygen atoms in total. The molecule has 72 valence electrons. The first-order chi connectivity index (χ1) is 6.81. The number of nitrogens with zero attached hydrogens (tertiary/aromatic N) is 1. The summed E-state index contributed by atoms with van der Waals surface area (Å²) in [5.41, 5.74) is 7.90. The summed E-state index contributed by atoms with van der Waals surface area (Å²) in [6.07, 6.45) is 2.94. The minimum Gasteiger partial charge on any atom is -0.496 e. The highest BCUT2D eigenvalue weighted by Gasteiger charge is 2.07. The highest BCUT2D eigenvalue weighted by Crippen LogP contribution is 2.30. The van der Waals surface area contributed by atoms with Crippen molar-refractivity contribution in [3.8, 4) is 17.0 Å². The second-order valence-electron chi connectivity index (χ2n) is 2.83. The second kappa shape index (κ2) is 3.41. The van der Waals surface area contributed by atoms with Crippen molar-refractivity contribution in [1.82, 2.24) is 4.98 Å². The van der Waals surface area contributed by atoms with Gasteiger partial charge >= 0.3 is 0 Å². The van der Waals surface area contributed by atoms with Crippen molar-refractivity contribution in [2.24, 2.45) is 0 Å². The monoisotopic (exact) mass is 190 g/mol. The quantitative estimate of drug-likeness (QED) is 0.735. The lowest BCUT2D eigenvalue weighted by Gasteiger charge is -2.06. The molecule has 0 saturated heterocycles. The Bertz CT molecular complexity index is 424. The molecule has 2 aromatic rings. The second-order valence-corrected chi connectivity index (χ2v) is 2.83. The Morgan fingerprint density at radius 1 is 1.43 bits per heavy atom. The van der Waals surface area contributed by atoms with E-state index in [1.165, 1.54) is 6.39 Å². The fourth-order valence-corrected chi connectivity index (χ4v) is 1.26. The molecule has 1 heterocycles. The van der Waals surface area contributed by atoms with E-state index in [1.54, 1.807) is 25.5 Å². The van der Waals surface area contributed by atoms with Gasteiger partial charge in [-0.25, -0.2) is 4.98 Å². The Balaban J connectivity index is 2.53. The fraction of sp³-hybridized carbons (Fsp3) is 0.100. The molecule has 1 aromatic heterocycles. The maximum absolute atomic E-state index is 5.63. The zero-order valence-electron chi connectivity index (χ0n) is 7.73. The summed E-state index contributed by atoms with van der Waals surface area (Å²) >= 11 is 0.